The first-order chi connectivity index (χ1) is 18.1. The SMILES string of the molecule is Cc1ccc(-n2c(C)cc(/C=N/NC(=O)CN(c3ccc(Cl)c(Cl)c3)S(=O)(=O)c3ccccc3)c2C)cc1. The number of aromatic nitrogens is 1. The summed E-state index contributed by atoms with van der Waals surface area (Å²) < 4.78 is 29.9. The minimum Gasteiger partial charge on any atom is -0.318 e. The van der Waals surface area contributed by atoms with Crippen LogP contribution in [0.1, 0.15) is 22.5 Å². The highest BCUT2D eigenvalue weighted by Gasteiger charge is 2.27. The largest absolute Gasteiger partial charge is 0.318 e. The molecular formula is C28H26Cl2N4O3S. The van der Waals surface area contributed by atoms with Crippen LogP contribution in [0.25, 0.3) is 5.69 Å². The van der Waals surface area contributed by atoms with Crippen molar-refractivity contribution < 1.29 is 13.2 Å². The van der Waals surface area contributed by atoms with Gasteiger partial charge in [0.1, 0.15) is 6.54 Å². The molecule has 1 aromatic heterocycles. The summed E-state index contributed by atoms with van der Waals surface area (Å²) in [6.07, 6.45) is 1.54. The topological polar surface area (TPSA) is 83.8 Å². The molecule has 0 aliphatic carbocycles. The van der Waals surface area contributed by atoms with Crippen LogP contribution >= 0.6 is 23.2 Å². The summed E-state index contributed by atoms with van der Waals surface area (Å²) >= 11 is 12.2. The highest BCUT2D eigenvalue weighted by Crippen LogP contribution is 2.30. The molecule has 196 valence electrons. The van der Waals surface area contributed by atoms with Crippen LogP contribution in [0.15, 0.2) is 88.9 Å². The molecule has 0 atom stereocenters. The van der Waals surface area contributed by atoms with Gasteiger partial charge in [-0.2, -0.15) is 5.10 Å². The van der Waals surface area contributed by atoms with Crippen LogP contribution in [-0.4, -0.2) is 31.7 Å². The lowest BCUT2D eigenvalue weighted by molar-refractivity contribution is -0.119. The third kappa shape index (κ3) is 5.93. The number of aryl methyl sites for hydroxylation is 2. The maximum Gasteiger partial charge on any atom is 0.264 e. The van der Waals surface area contributed by atoms with E-state index < -0.39 is 22.5 Å². The number of sulfonamides is 1. The second-order valence-electron chi connectivity index (χ2n) is 8.71. The number of anilines is 1. The predicted octanol–water partition coefficient (Wildman–Crippen LogP) is 6.05. The molecule has 38 heavy (non-hydrogen) atoms. The van der Waals surface area contributed by atoms with Gasteiger partial charge in [-0.3, -0.25) is 9.10 Å². The van der Waals surface area contributed by atoms with Gasteiger partial charge in [-0.1, -0.05) is 59.1 Å². The summed E-state index contributed by atoms with van der Waals surface area (Å²) in [5, 5.41) is 4.53. The number of hydrazone groups is 1. The van der Waals surface area contributed by atoms with E-state index in [2.05, 4.69) is 15.1 Å². The number of carbonyl (C=O) groups is 1. The van der Waals surface area contributed by atoms with Gasteiger partial charge in [-0.05, 0) is 69.3 Å². The Kier molecular flexibility index (Phi) is 8.26. The molecule has 10 heteroatoms. The Balaban J connectivity index is 1.56. The summed E-state index contributed by atoms with van der Waals surface area (Å²) in [6.45, 7) is 5.48. The number of nitrogens with zero attached hydrogens (tertiary/aromatic N) is 3. The third-order valence-electron chi connectivity index (χ3n) is 5.96. The maximum atomic E-state index is 13.4. The van der Waals surface area contributed by atoms with Gasteiger partial charge in [0.05, 0.1) is 26.8 Å². The number of hydrogen-bond acceptors (Lipinski definition) is 4. The minimum atomic E-state index is -4.08. The number of carbonyl (C=O) groups excluding carboxylic acids is 1. The van der Waals surface area contributed by atoms with Crippen LogP contribution < -0.4 is 9.73 Å². The van der Waals surface area contributed by atoms with E-state index in [4.69, 9.17) is 23.2 Å². The third-order valence-corrected chi connectivity index (χ3v) is 8.49. The van der Waals surface area contributed by atoms with Crippen molar-refractivity contribution in [3.8, 4) is 5.69 Å². The molecule has 0 saturated heterocycles. The Bertz CT molecular complexity index is 1600. The molecule has 0 fully saturated rings. The molecule has 0 spiro atoms. The number of nitrogens with one attached hydrogen (secondary N) is 1. The second kappa shape index (κ2) is 11.4. The molecule has 4 rings (SSSR count). The van der Waals surface area contributed by atoms with E-state index in [1.807, 2.05) is 51.1 Å². The molecule has 0 radical (unpaired) electrons. The molecule has 0 bridgehead atoms. The molecule has 0 saturated carbocycles. The fourth-order valence-electron chi connectivity index (χ4n) is 4.02. The summed E-state index contributed by atoms with van der Waals surface area (Å²) in [4.78, 5) is 12.9. The Hall–Kier alpha value is -3.59. The van der Waals surface area contributed by atoms with Gasteiger partial charge < -0.3 is 4.57 Å². The monoisotopic (exact) mass is 568 g/mol. The Morgan fingerprint density at radius 3 is 2.29 bits per heavy atom. The molecule has 0 unspecified atom stereocenters. The van der Waals surface area contributed by atoms with Gasteiger partial charge in [0, 0.05) is 22.6 Å². The van der Waals surface area contributed by atoms with E-state index in [1.165, 1.54) is 35.9 Å². The Morgan fingerprint density at radius 2 is 1.63 bits per heavy atom. The smallest absolute Gasteiger partial charge is 0.264 e. The number of rotatable bonds is 8. The van der Waals surface area contributed by atoms with E-state index in [9.17, 15) is 13.2 Å². The van der Waals surface area contributed by atoms with Crippen molar-refractivity contribution in [2.75, 3.05) is 10.8 Å². The van der Waals surface area contributed by atoms with Gasteiger partial charge in [0.2, 0.25) is 0 Å². The van der Waals surface area contributed by atoms with Crippen molar-refractivity contribution in [2.24, 2.45) is 5.10 Å². The van der Waals surface area contributed by atoms with Crippen molar-refractivity contribution in [1.82, 2.24) is 9.99 Å². The van der Waals surface area contributed by atoms with Crippen LogP contribution in [0.3, 0.4) is 0 Å². The molecule has 1 heterocycles. The summed E-state index contributed by atoms with van der Waals surface area (Å²) in [6, 6.07) is 22.4. The lowest BCUT2D eigenvalue weighted by Gasteiger charge is -2.24. The van der Waals surface area contributed by atoms with Crippen LogP contribution in [-0.2, 0) is 14.8 Å². The first-order valence-electron chi connectivity index (χ1n) is 11.7. The van der Waals surface area contributed by atoms with E-state index in [0.29, 0.717) is 0 Å². The van der Waals surface area contributed by atoms with Gasteiger partial charge in [-0.25, -0.2) is 13.8 Å². The first-order valence-corrected chi connectivity index (χ1v) is 13.9. The van der Waals surface area contributed by atoms with Crippen LogP contribution in [0.5, 0.6) is 0 Å². The molecule has 4 aromatic rings. The quantitative estimate of drug-likeness (QED) is 0.207. The Morgan fingerprint density at radius 1 is 0.947 bits per heavy atom. The average Bonchev–Trinajstić information content (AvgIpc) is 3.18. The zero-order valence-corrected chi connectivity index (χ0v) is 23.3. The highest BCUT2D eigenvalue weighted by atomic mass is 35.5. The fraction of sp³-hybridized carbons (Fsp3) is 0.143. The van der Waals surface area contributed by atoms with E-state index in [1.54, 1.807) is 24.4 Å². The maximum absolute atomic E-state index is 13.4. The van der Waals surface area contributed by atoms with E-state index >= 15 is 0 Å². The van der Waals surface area contributed by atoms with Gasteiger partial charge in [0.25, 0.3) is 15.9 Å². The summed E-state index contributed by atoms with van der Waals surface area (Å²) in [7, 11) is -4.08. The number of halogens is 2. The molecule has 1 N–H and O–H groups in total. The molecule has 3 aromatic carbocycles. The summed E-state index contributed by atoms with van der Waals surface area (Å²) in [5.74, 6) is -0.626. The lowest BCUT2D eigenvalue weighted by Crippen LogP contribution is -2.39. The molecule has 0 aliphatic heterocycles. The molecule has 7 nitrogen and oxygen atoms in total. The second-order valence-corrected chi connectivity index (χ2v) is 11.4. The van der Waals surface area contributed by atoms with Gasteiger partial charge >= 0.3 is 0 Å². The zero-order chi connectivity index (χ0) is 27.4. The predicted molar refractivity (Wildman–Crippen MR) is 153 cm³/mol. The molecule has 0 aliphatic rings. The van der Waals surface area contributed by atoms with E-state index in [0.717, 1.165) is 26.9 Å². The van der Waals surface area contributed by atoms with Crippen LogP contribution in [0.4, 0.5) is 5.69 Å². The van der Waals surface area contributed by atoms with Gasteiger partial charge in [0.15, 0.2) is 0 Å². The zero-order valence-electron chi connectivity index (χ0n) is 21.0. The standard InChI is InChI=1S/C28H26Cl2N4O3S/c1-19-9-11-23(12-10-19)34-20(2)15-22(21(34)3)17-31-32-28(35)18-33(24-13-14-26(29)27(30)16-24)38(36,37)25-7-5-4-6-8-25/h4-17H,18H2,1-3H3,(H,32,35)/b31-17+. The first kappa shape index (κ1) is 27.4. The number of benzene rings is 3. The highest BCUT2D eigenvalue weighted by molar-refractivity contribution is 7.92. The van der Waals surface area contributed by atoms with Crippen LogP contribution in [0.2, 0.25) is 10.0 Å². The van der Waals surface area contributed by atoms with Gasteiger partial charge in [-0.15, -0.1) is 0 Å². The fourth-order valence-corrected chi connectivity index (χ4v) is 5.75. The molecular weight excluding hydrogens is 543 g/mol. The van der Waals surface area contributed by atoms with Crippen molar-refractivity contribution in [3.05, 3.63) is 111 Å². The number of amides is 1. The van der Waals surface area contributed by atoms with Crippen LogP contribution in [0, 0.1) is 20.8 Å². The normalized spacial score (nSPS) is 11.6. The lowest BCUT2D eigenvalue weighted by atomic mass is 10.2. The number of hydrogen-bond donors (Lipinski definition) is 1. The Labute approximate surface area is 232 Å². The van der Waals surface area contributed by atoms with Crippen molar-refractivity contribution in [2.45, 2.75) is 25.7 Å². The average molecular weight is 570 g/mol. The summed E-state index contributed by atoms with van der Waals surface area (Å²) in [5.41, 5.74) is 7.62. The van der Waals surface area contributed by atoms with E-state index in [-0.39, 0.29) is 20.6 Å². The van der Waals surface area contributed by atoms with Crippen molar-refractivity contribution in [3.63, 3.8) is 0 Å². The minimum absolute atomic E-state index is 0.0333. The molecule has 1 amide bonds. The van der Waals surface area contributed by atoms with Crippen molar-refractivity contribution in [1.29, 1.82) is 0 Å². The van der Waals surface area contributed by atoms with Crippen molar-refractivity contribution >= 4 is 51.0 Å².